The van der Waals surface area contributed by atoms with Crippen LogP contribution in [0.3, 0.4) is 0 Å². The van der Waals surface area contributed by atoms with E-state index >= 15 is 0 Å². The summed E-state index contributed by atoms with van der Waals surface area (Å²) < 4.78 is 13.3. The second kappa shape index (κ2) is 4.76. The molecule has 2 aromatic carbocycles. The Hall–Kier alpha value is -2.13. The number of halogens is 2. The van der Waals surface area contributed by atoms with Gasteiger partial charge in [0.15, 0.2) is 5.78 Å². The van der Waals surface area contributed by atoms with Crippen molar-refractivity contribution in [2.24, 2.45) is 0 Å². The molecule has 100 valence electrons. The molecule has 1 N–H and O–H groups in total. The van der Waals surface area contributed by atoms with E-state index in [1.54, 1.807) is 25.3 Å². The van der Waals surface area contributed by atoms with Gasteiger partial charge in [-0.15, -0.1) is 0 Å². The smallest absolute Gasteiger partial charge is 0.195 e. The van der Waals surface area contributed by atoms with Crippen LogP contribution in [0.5, 0.6) is 0 Å². The molecule has 1 heterocycles. The monoisotopic (exact) mass is 287 g/mol. The second-order valence-corrected chi connectivity index (χ2v) is 5.07. The Bertz CT molecular complexity index is 822. The summed E-state index contributed by atoms with van der Waals surface area (Å²) in [6, 6.07) is 9.75. The number of carbonyl (C=O) groups excluding carboxylic acids is 1. The highest BCUT2D eigenvalue weighted by Gasteiger charge is 2.16. The molecule has 0 radical (unpaired) electrons. The van der Waals surface area contributed by atoms with Crippen molar-refractivity contribution in [3.8, 4) is 0 Å². The molecule has 0 unspecified atom stereocenters. The second-order valence-electron chi connectivity index (χ2n) is 4.66. The van der Waals surface area contributed by atoms with Gasteiger partial charge in [0.25, 0.3) is 0 Å². The molecule has 0 aliphatic rings. The Morgan fingerprint density at radius 1 is 1.25 bits per heavy atom. The first-order chi connectivity index (χ1) is 9.58. The number of aryl methyl sites for hydroxylation is 1. The molecule has 2 nitrogen and oxygen atoms in total. The van der Waals surface area contributed by atoms with E-state index in [4.69, 9.17) is 11.6 Å². The summed E-state index contributed by atoms with van der Waals surface area (Å²) in [6.45, 7) is 1.63. The van der Waals surface area contributed by atoms with Crippen LogP contribution in [0.2, 0.25) is 5.02 Å². The van der Waals surface area contributed by atoms with Crippen molar-refractivity contribution >= 4 is 28.3 Å². The number of hydrogen-bond acceptors (Lipinski definition) is 1. The zero-order valence-corrected chi connectivity index (χ0v) is 11.5. The number of nitrogens with one attached hydrogen (secondary N) is 1. The lowest BCUT2D eigenvalue weighted by molar-refractivity contribution is 0.104. The number of carbonyl (C=O) groups is 1. The number of aromatic nitrogens is 1. The van der Waals surface area contributed by atoms with Crippen molar-refractivity contribution in [1.82, 2.24) is 4.98 Å². The van der Waals surface area contributed by atoms with E-state index in [0.717, 1.165) is 5.52 Å². The first-order valence-electron chi connectivity index (χ1n) is 6.14. The number of benzene rings is 2. The van der Waals surface area contributed by atoms with Gasteiger partial charge in [-0.2, -0.15) is 0 Å². The van der Waals surface area contributed by atoms with Gasteiger partial charge in [-0.25, -0.2) is 4.39 Å². The standard InChI is InChI=1S/C16H11ClFNO/c1-9-7-10(5-6-13(9)18)16(20)11-8-19-14-4-2-3-12(17)15(11)14/h2-8,19H,1H3. The molecule has 20 heavy (non-hydrogen) atoms. The molecular weight excluding hydrogens is 277 g/mol. The van der Waals surface area contributed by atoms with E-state index in [-0.39, 0.29) is 11.6 Å². The van der Waals surface area contributed by atoms with Gasteiger partial charge in [0.2, 0.25) is 0 Å². The third kappa shape index (κ3) is 2.00. The zero-order valence-electron chi connectivity index (χ0n) is 10.7. The Kier molecular flexibility index (Phi) is 3.07. The van der Waals surface area contributed by atoms with Crippen LogP contribution in [-0.4, -0.2) is 10.8 Å². The van der Waals surface area contributed by atoms with Gasteiger partial charge in [-0.3, -0.25) is 4.79 Å². The highest BCUT2D eigenvalue weighted by molar-refractivity contribution is 6.37. The molecule has 0 aliphatic carbocycles. The molecule has 1 aromatic heterocycles. The van der Waals surface area contributed by atoms with Gasteiger partial charge < -0.3 is 4.98 Å². The fraction of sp³-hybridized carbons (Fsp3) is 0.0625. The maximum absolute atomic E-state index is 13.3. The summed E-state index contributed by atoms with van der Waals surface area (Å²) in [5, 5.41) is 1.21. The van der Waals surface area contributed by atoms with Gasteiger partial charge in [-0.05, 0) is 42.8 Å². The summed E-state index contributed by atoms with van der Waals surface area (Å²) in [4.78, 5) is 15.6. The average molecular weight is 288 g/mol. The molecule has 0 bridgehead atoms. The highest BCUT2D eigenvalue weighted by atomic mass is 35.5. The summed E-state index contributed by atoms with van der Waals surface area (Å²) in [7, 11) is 0. The number of fused-ring (bicyclic) bond motifs is 1. The van der Waals surface area contributed by atoms with Crippen molar-refractivity contribution in [3.63, 3.8) is 0 Å². The number of rotatable bonds is 2. The van der Waals surface area contributed by atoms with Gasteiger partial charge in [0.1, 0.15) is 5.82 Å². The molecule has 0 fully saturated rings. The van der Waals surface area contributed by atoms with Crippen molar-refractivity contribution in [2.75, 3.05) is 0 Å². The van der Waals surface area contributed by atoms with Crippen LogP contribution in [0.4, 0.5) is 4.39 Å². The van der Waals surface area contributed by atoms with Gasteiger partial charge >= 0.3 is 0 Å². The first-order valence-corrected chi connectivity index (χ1v) is 6.52. The normalized spacial score (nSPS) is 10.9. The van der Waals surface area contributed by atoms with E-state index in [1.165, 1.54) is 12.1 Å². The number of aromatic amines is 1. The van der Waals surface area contributed by atoms with E-state index < -0.39 is 0 Å². The zero-order chi connectivity index (χ0) is 14.3. The largest absolute Gasteiger partial charge is 0.360 e. The Morgan fingerprint density at radius 3 is 2.80 bits per heavy atom. The lowest BCUT2D eigenvalue weighted by Crippen LogP contribution is -2.01. The SMILES string of the molecule is Cc1cc(C(=O)c2c[nH]c3cccc(Cl)c23)ccc1F. The molecule has 4 heteroatoms. The van der Waals surface area contributed by atoms with Crippen molar-refractivity contribution < 1.29 is 9.18 Å². The topological polar surface area (TPSA) is 32.9 Å². The quantitative estimate of drug-likeness (QED) is 0.692. The molecular formula is C16H11ClFNO. The third-order valence-corrected chi connectivity index (χ3v) is 3.63. The number of ketones is 1. The molecule has 0 aliphatic heterocycles. The molecule has 0 atom stereocenters. The van der Waals surface area contributed by atoms with Crippen LogP contribution in [-0.2, 0) is 0 Å². The molecule has 3 rings (SSSR count). The maximum atomic E-state index is 13.3. The van der Waals surface area contributed by atoms with E-state index in [0.29, 0.717) is 27.1 Å². The maximum Gasteiger partial charge on any atom is 0.195 e. The predicted octanol–water partition coefficient (Wildman–Crippen LogP) is 4.50. The Balaban J connectivity index is 2.15. The molecule has 0 saturated heterocycles. The van der Waals surface area contributed by atoms with E-state index in [2.05, 4.69) is 4.98 Å². The van der Waals surface area contributed by atoms with E-state index in [9.17, 15) is 9.18 Å². The fourth-order valence-corrected chi connectivity index (χ4v) is 2.54. The highest BCUT2D eigenvalue weighted by Crippen LogP contribution is 2.28. The van der Waals surface area contributed by atoms with Crippen molar-refractivity contribution in [3.05, 3.63) is 70.1 Å². The summed E-state index contributed by atoms with van der Waals surface area (Å²) in [5.41, 5.74) is 2.20. The third-order valence-electron chi connectivity index (χ3n) is 3.32. The molecule has 0 spiro atoms. The van der Waals surface area contributed by atoms with Crippen LogP contribution < -0.4 is 0 Å². The minimum Gasteiger partial charge on any atom is -0.360 e. The van der Waals surface area contributed by atoms with E-state index in [1.807, 2.05) is 12.1 Å². The van der Waals surface area contributed by atoms with Crippen LogP contribution >= 0.6 is 11.6 Å². The van der Waals surface area contributed by atoms with Crippen LogP contribution in [0.1, 0.15) is 21.5 Å². The first kappa shape index (κ1) is 12.9. The average Bonchev–Trinajstić information content (AvgIpc) is 2.86. The summed E-state index contributed by atoms with van der Waals surface area (Å²) >= 11 is 6.16. The lowest BCUT2D eigenvalue weighted by Gasteiger charge is -2.03. The van der Waals surface area contributed by atoms with Crippen LogP contribution in [0.15, 0.2) is 42.6 Å². The fourth-order valence-electron chi connectivity index (χ4n) is 2.26. The predicted molar refractivity (Wildman–Crippen MR) is 77.9 cm³/mol. The minimum atomic E-state index is -0.321. The van der Waals surface area contributed by atoms with Crippen molar-refractivity contribution in [1.29, 1.82) is 0 Å². The van der Waals surface area contributed by atoms with Gasteiger partial charge in [0, 0.05) is 28.2 Å². The van der Waals surface area contributed by atoms with Crippen molar-refractivity contribution in [2.45, 2.75) is 6.92 Å². The number of hydrogen-bond donors (Lipinski definition) is 1. The van der Waals surface area contributed by atoms with Crippen LogP contribution in [0.25, 0.3) is 10.9 Å². The Labute approximate surface area is 120 Å². The van der Waals surface area contributed by atoms with Gasteiger partial charge in [0.05, 0.1) is 5.02 Å². The Morgan fingerprint density at radius 2 is 2.05 bits per heavy atom. The summed E-state index contributed by atoms with van der Waals surface area (Å²) in [6.07, 6.45) is 1.64. The molecule has 0 saturated carbocycles. The van der Waals surface area contributed by atoms with Gasteiger partial charge in [-0.1, -0.05) is 17.7 Å². The number of H-pyrrole nitrogens is 1. The molecule has 3 aromatic rings. The summed E-state index contributed by atoms with van der Waals surface area (Å²) in [5.74, 6) is -0.494. The molecule has 0 amide bonds. The lowest BCUT2D eigenvalue weighted by atomic mass is 10.0. The van der Waals surface area contributed by atoms with Crippen LogP contribution in [0, 0.1) is 12.7 Å². The minimum absolute atomic E-state index is 0.174.